The predicted molar refractivity (Wildman–Crippen MR) is 104 cm³/mol. The molecule has 1 heterocycles. The fourth-order valence-corrected chi connectivity index (χ4v) is 3.79. The second-order valence-electron chi connectivity index (χ2n) is 7.19. The summed E-state index contributed by atoms with van der Waals surface area (Å²) < 4.78 is 0. The van der Waals surface area contributed by atoms with Crippen molar-refractivity contribution in [1.29, 1.82) is 0 Å². The average molecular weight is 346 g/mol. The van der Waals surface area contributed by atoms with Gasteiger partial charge in [-0.1, -0.05) is 11.6 Å². The summed E-state index contributed by atoms with van der Waals surface area (Å²) in [6.07, 6.45) is 2.50. The van der Waals surface area contributed by atoms with Gasteiger partial charge in [0.15, 0.2) is 5.78 Å². The lowest BCUT2D eigenvalue weighted by molar-refractivity contribution is -0.120. The molecule has 4 rings (SSSR count). The Morgan fingerprint density at radius 2 is 1.88 bits per heavy atom. The van der Waals surface area contributed by atoms with Gasteiger partial charge in [-0.25, -0.2) is 0 Å². The zero-order valence-corrected chi connectivity index (χ0v) is 15.1. The van der Waals surface area contributed by atoms with Crippen LogP contribution in [-0.4, -0.2) is 16.7 Å². The van der Waals surface area contributed by atoms with E-state index in [9.17, 15) is 9.59 Å². The summed E-state index contributed by atoms with van der Waals surface area (Å²) in [6.45, 7) is 3.63. The molecule has 0 radical (unpaired) electrons. The van der Waals surface area contributed by atoms with Crippen molar-refractivity contribution in [3.63, 3.8) is 0 Å². The number of ketones is 1. The largest absolute Gasteiger partial charge is 0.358 e. The molecular formula is C22H22N2O2. The zero-order chi connectivity index (χ0) is 18.3. The molecule has 1 atom stereocenters. The lowest BCUT2D eigenvalue weighted by Gasteiger charge is -2.22. The van der Waals surface area contributed by atoms with Crippen LogP contribution < -0.4 is 5.32 Å². The topological polar surface area (TPSA) is 62.0 Å². The van der Waals surface area contributed by atoms with Crippen LogP contribution in [0.15, 0.2) is 42.5 Å². The Morgan fingerprint density at radius 3 is 2.62 bits per heavy atom. The van der Waals surface area contributed by atoms with Gasteiger partial charge >= 0.3 is 0 Å². The molecule has 0 fully saturated rings. The molecule has 1 aliphatic carbocycles. The lowest BCUT2D eigenvalue weighted by Crippen LogP contribution is -2.28. The molecule has 0 spiro atoms. The molecule has 0 saturated heterocycles. The third-order valence-electron chi connectivity index (χ3n) is 5.27. The highest BCUT2D eigenvalue weighted by Gasteiger charge is 2.27. The molecule has 132 valence electrons. The first-order chi connectivity index (χ1) is 12.5. The Hall–Kier alpha value is -2.88. The number of amides is 1. The van der Waals surface area contributed by atoms with Gasteiger partial charge < -0.3 is 10.3 Å². The summed E-state index contributed by atoms with van der Waals surface area (Å²) >= 11 is 0. The molecule has 1 aliphatic rings. The van der Waals surface area contributed by atoms with E-state index in [0.717, 1.165) is 30.5 Å². The Kier molecular flexibility index (Phi) is 4.11. The van der Waals surface area contributed by atoms with Crippen LogP contribution in [0.1, 0.15) is 40.5 Å². The number of hydrogen-bond donors (Lipinski definition) is 2. The fourth-order valence-electron chi connectivity index (χ4n) is 3.79. The molecule has 1 unspecified atom stereocenters. The first-order valence-corrected chi connectivity index (χ1v) is 9.03. The third-order valence-corrected chi connectivity index (χ3v) is 5.27. The number of anilines is 1. The smallest absolute Gasteiger partial charge is 0.227 e. The molecular weight excluding hydrogens is 324 g/mol. The van der Waals surface area contributed by atoms with Gasteiger partial charge in [0.05, 0.1) is 0 Å². The molecule has 1 aromatic heterocycles. The molecule has 4 nitrogen and oxygen atoms in total. The van der Waals surface area contributed by atoms with Crippen molar-refractivity contribution < 1.29 is 9.59 Å². The summed E-state index contributed by atoms with van der Waals surface area (Å²) in [5, 5.41) is 4.24. The Morgan fingerprint density at radius 1 is 1.12 bits per heavy atom. The minimum absolute atomic E-state index is 0.0253. The highest BCUT2D eigenvalue weighted by Crippen LogP contribution is 2.32. The van der Waals surface area contributed by atoms with E-state index >= 15 is 0 Å². The van der Waals surface area contributed by atoms with Gasteiger partial charge in [-0.15, -0.1) is 0 Å². The number of hydrogen-bond acceptors (Lipinski definition) is 2. The number of carbonyl (C=O) groups is 2. The van der Waals surface area contributed by atoms with Gasteiger partial charge in [0.25, 0.3) is 0 Å². The first kappa shape index (κ1) is 16.6. The highest BCUT2D eigenvalue weighted by atomic mass is 16.2. The minimum Gasteiger partial charge on any atom is -0.358 e. The third kappa shape index (κ3) is 3.03. The minimum atomic E-state index is -0.0329. The normalized spacial score (nSPS) is 16.3. The van der Waals surface area contributed by atoms with Crippen molar-refractivity contribution in [2.75, 3.05) is 5.32 Å². The van der Waals surface area contributed by atoms with Crippen molar-refractivity contribution in [2.24, 2.45) is 5.92 Å². The van der Waals surface area contributed by atoms with E-state index in [0.29, 0.717) is 5.56 Å². The van der Waals surface area contributed by atoms with Gasteiger partial charge in [-0.2, -0.15) is 0 Å². The maximum Gasteiger partial charge on any atom is 0.227 e. The number of Topliss-reactive ketones (excluding diaryl/α,β-unsaturated/α-hetero) is 1. The van der Waals surface area contributed by atoms with E-state index < -0.39 is 0 Å². The molecule has 0 aliphatic heterocycles. The number of H-pyrrole nitrogens is 1. The van der Waals surface area contributed by atoms with Crippen LogP contribution >= 0.6 is 0 Å². The molecule has 0 saturated carbocycles. The van der Waals surface area contributed by atoms with E-state index in [-0.39, 0.29) is 17.6 Å². The number of fused-ring (bicyclic) bond motifs is 3. The van der Waals surface area contributed by atoms with Crippen LogP contribution in [0.2, 0.25) is 0 Å². The maximum absolute atomic E-state index is 12.7. The number of aromatic nitrogens is 1. The Bertz CT molecular complexity index is 999. The van der Waals surface area contributed by atoms with Gasteiger partial charge in [0.1, 0.15) is 0 Å². The molecule has 2 aromatic carbocycles. The number of benzene rings is 2. The van der Waals surface area contributed by atoms with Crippen LogP contribution in [-0.2, 0) is 17.6 Å². The summed E-state index contributed by atoms with van der Waals surface area (Å²) in [5.74, 6) is 0.0417. The molecule has 2 N–H and O–H groups in total. The number of rotatable bonds is 3. The summed E-state index contributed by atoms with van der Waals surface area (Å²) in [4.78, 5) is 27.6. The zero-order valence-electron chi connectivity index (χ0n) is 15.1. The van der Waals surface area contributed by atoms with Crippen LogP contribution in [0.25, 0.3) is 10.9 Å². The SMILES string of the molecule is CC(=O)c1ccc(NC(=O)C2CCc3[nH]c4ccc(C)cc4c3C2)cc1. The number of aryl methyl sites for hydroxylation is 2. The van der Waals surface area contributed by atoms with Gasteiger partial charge in [0.2, 0.25) is 5.91 Å². The number of carbonyl (C=O) groups excluding carboxylic acids is 2. The summed E-state index contributed by atoms with van der Waals surface area (Å²) in [6, 6.07) is 13.5. The van der Waals surface area contributed by atoms with Crippen LogP contribution in [0, 0.1) is 12.8 Å². The van der Waals surface area contributed by atoms with Crippen LogP contribution in [0.4, 0.5) is 5.69 Å². The molecule has 1 amide bonds. The van der Waals surface area contributed by atoms with Crippen molar-refractivity contribution in [3.8, 4) is 0 Å². The van der Waals surface area contributed by atoms with E-state index in [1.54, 1.807) is 24.3 Å². The average Bonchev–Trinajstić information content (AvgIpc) is 2.99. The molecule has 3 aromatic rings. The van der Waals surface area contributed by atoms with E-state index in [4.69, 9.17) is 0 Å². The van der Waals surface area contributed by atoms with Gasteiger partial charge in [-0.3, -0.25) is 9.59 Å². The van der Waals surface area contributed by atoms with E-state index in [1.165, 1.54) is 29.1 Å². The van der Waals surface area contributed by atoms with E-state index in [1.807, 2.05) is 0 Å². The first-order valence-electron chi connectivity index (χ1n) is 9.03. The Labute approximate surface area is 152 Å². The number of nitrogens with one attached hydrogen (secondary N) is 2. The van der Waals surface area contributed by atoms with Crippen LogP contribution in [0.5, 0.6) is 0 Å². The summed E-state index contributed by atoms with van der Waals surface area (Å²) in [7, 11) is 0. The van der Waals surface area contributed by atoms with Crippen molar-refractivity contribution >= 4 is 28.3 Å². The van der Waals surface area contributed by atoms with Crippen molar-refractivity contribution in [1.82, 2.24) is 4.98 Å². The van der Waals surface area contributed by atoms with Crippen LogP contribution in [0.3, 0.4) is 0 Å². The number of aromatic amines is 1. The quantitative estimate of drug-likeness (QED) is 0.690. The van der Waals surface area contributed by atoms with Crippen molar-refractivity contribution in [2.45, 2.75) is 33.1 Å². The molecule has 0 bridgehead atoms. The van der Waals surface area contributed by atoms with Crippen molar-refractivity contribution in [3.05, 3.63) is 64.8 Å². The highest BCUT2D eigenvalue weighted by molar-refractivity contribution is 5.96. The fraction of sp³-hybridized carbons (Fsp3) is 0.273. The predicted octanol–water partition coefficient (Wildman–Crippen LogP) is 4.42. The standard InChI is InChI=1S/C22H22N2O2/c1-13-3-9-20-18(11-13)19-12-16(6-10-21(19)24-20)22(26)23-17-7-4-15(5-8-17)14(2)25/h3-5,7-9,11,16,24H,6,10,12H2,1-2H3,(H,23,26). The summed E-state index contributed by atoms with van der Waals surface area (Å²) in [5.41, 5.74) is 6.32. The van der Waals surface area contributed by atoms with E-state index in [2.05, 4.69) is 35.4 Å². The molecule has 4 heteroatoms. The second kappa shape index (κ2) is 6.45. The molecule has 26 heavy (non-hydrogen) atoms. The lowest BCUT2D eigenvalue weighted by atomic mass is 9.85. The van der Waals surface area contributed by atoms with Gasteiger partial charge in [-0.05, 0) is 75.1 Å². The maximum atomic E-state index is 12.7. The Balaban J connectivity index is 1.52. The monoisotopic (exact) mass is 346 g/mol. The van der Waals surface area contributed by atoms with Gasteiger partial charge in [0, 0.05) is 33.8 Å². The second-order valence-corrected chi connectivity index (χ2v) is 7.19.